The molecule has 0 aliphatic rings. The van der Waals surface area contributed by atoms with E-state index in [1.54, 1.807) is 0 Å². The van der Waals surface area contributed by atoms with Gasteiger partial charge in [-0.1, -0.05) is 49.9 Å². The van der Waals surface area contributed by atoms with Crippen molar-refractivity contribution in [1.82, 2.24) is 0 Å². The number of carboxylic acid groups (broad SMARTS) is 1. The molecule has 0 aliphatic carbocycles. The van der Waals surface area contributed by atoms with Crippen molar-refractivity contribution in [3.63, 3.8) is 0 Å². The molecule has 0 saturated carbocycles. The second kappa shape index (κ2) is 9.77. The summed E-state index contributed by atoms with van der Waals surface area (Å²) in [4.78, 5) is 8.78. The van der Waals surface area contributed by atoms with Gasteiger partial charge in [0.25, 0.3) is 0 Å². The summed E-state index contributed by atoms with van der Waals surface area (Å²) in [5, 5.41) is 8.13. The molecule has 0 radical (unpaired) electrons. The molecule has 3 N–H and O–H groups in total. The first-order valence-corrected chi connectivity index (χ1v) is 6.59. The highest BCUT2D eigenvalue weighted by molar-refractivity contribution is 6.31. The van der Waals surface area contributed by atoms with Crippen molar-refractivity contribution in [1.29, 1.82) is 0 Å². The van der Waals surface area contributed by atoms with E-state index in [2.05, 4.69) is 25.6 Å². The van der Waals surface area contributed by atoms with Crippen molar-refractivity contribution in [2.75, 3.05) is 0 Å². The molecule has 1 aromatic rings. The van der Waals surface area contributed by atoms with E-state index in [1.807, 2.05) is 12.1 Å². The number of primary amides is 1. The fourth-order valence-electron chi connectivity index (χ4n) is 1.71. The average molecular weight is 272 g/mol. The molecule has 0 fully saturated rings. The predicted molar refractivity (Wildman–Crippen MR) is 76.2 cm³/mol. The van der Waals surface area contributed by atoms with E-state index >= 15 is 0 Å². The van der Waals surface area contributed by atoms with Crippen molar-refractivity contribution in [3.05, 3.63) is 34.3 Å². The normalized spacial score (nSPS) is 9.50. The third-order valence-electron chi connectivity index (χ3n) is 2.63. The summed E-state index contributed by atoms with van der Waals surface area (Å²) in [6.07, 6.45) is 5.01. The molecule has 1 rings (SSSR count). The Kier molecular flexibility index (Phi) is 9.11. The number of aryl methyl sites for hydroxylation is 1. The van der Waals surface area contributed by atoms with Gasteiger partial charge in [-0.2, -0.15) is 0 Å². The van der Waals surface area contributed by atoms with Crippen LogP contribution >= 0.6 is 11.6 Å². The van der Waals surface area contributed by atoms with Crippen LogP contribution in [0.3, 0.4) is 0 Å². The molecule has 102 valence electrons. The second-order valence-corrected chi connectivity index (χ2v) is 4.59. The maximum atomic E-state index is 8.78. The van der Waals surface area contributed by atoms with Gasteiger partial charge in [0.1, 0.15) is 0 Å². The molecular weight excluding hydrogens is 250 g/mol. The molecular formula is C14H22ClNO2. The van der Waals surface area contributed by atoms with Crippen LogP contribution in [-0.4, -0.2) is 11.2 Å². The molecule has 4 heteroatoms. The zero-order valence-corrected chi connectivity index (χ0v) is 11.8. The van der Waals surface area contributed by atoms with Crippen LogP contribution < -0.4 is 5.73 Å². The van der Waals surface area contributed by atoms with Crippen LogP contribution in [0.5, 0.6) is 0 Å². The lowest BCUT2D eigenvalue weighted by molar-refractivity contribution is 0.205. The average Bonchev–Trinajstić information content (AvgIpc) is 2.27. The molecule has 0 bridgehead atoms. The van der Waals surface area contributed by atoms with Gasteiger partial charge in [0, 0.05) is 5.02 Å². The van der Waals surface area contributed by atoms with Crippen molar-refractivity contribution in [2.24, 2.45) is 5.73 Å². The number of halogens is 1. The van der Waals surface area contributed by atoms with Crippen LogP contribution in [0.4, 0.5) is 4.79 Å². The van der Waals surface area contributed by atoms with Gasteiger partial charge in [0.15, 0.2) is 0 Å². The van der Waals surface area contributed by atoms with Crippen LogP contribution in [0.15, 0.2) is 18.2 Å². The number of carbonyl (C=O) groups is 1. The highest BCUT2D eigenvalue weighted by Crippen LogP contribution is 2.21. The number of hydrogen-bond donors (Lipinski definition) is 2. The Morgan fingerprint density at radius 2 is 1.94 bits per heavy atom. The third kappa shape index (κ3) is 7.96. The van der Waals surface area contributed by atoms with Crippen LogP contribution in [0.25, 0.3) is 0 Å². The van der Waals surface area contributed by atoms with E-state index < -0.39 is 6.09 Å². The van der Waals surface area contributed by atoms with E-state index in [0.29, 0.717) is 0 Å². The van der Waals surface area contributed by atoms with Gasteiger partial charge < -0.3 is 10.8 Å². The minimum Gasteiger partial charge on any atom is -0.465 e. The lowest BCUT2D eigenvalue weighted by Gasteiger charge is -2.07. The van der Waals surface area contributed by atoms with Gasteiger partial charge in [-0.15, -0.1) is 0 Å². The first-order chi connectivity index (χ1) is 8.49. The van der Waals surface area contributed by atoms with E-state index in [0.717, 1.165) is 11.4 Å². The van der Waals surface area contributed by atoms with E-state index in [4.69, 9.17) is 21.5 Å². The molecule has 0 aliphatic heterocycles. The molecule has 0 aromatic heterocycles. The fraction of sp³-hybridized carbons (Fsp3) is 0.500. The largest absolute Gasteiger partial charge is 0.465 e. The number of nitrogens with two attached hydrogens (primary N) is 1. The Labute approximate surface area is 114 Å². The van der Waals surface area contributed by atoms with Crippen molar-refractivity contribution in [3.8, 4) is 0 Å². The quantitative estimate of drug-likeness (QED) is 0.780. The Morgan fingerprint density at radius 1 is 1.33 bits per heavy atom. The first kappa shape index (κ1) is 16.8. The highest BCUT2D eigenvalue weighted by atomic mass is 35.5. The van der Waals surface area contributed by atoms with Gasteiger partial charge in [-0.3, -0.25) is 0 Å². The standard InChI is InChI=1S/C13H19Cl.CH3NO2/c1-3-4-5-6-9-12-11(2)8-7-10-13(12)14;2-1(3)4/h7-8,10H,3-6,9H2,1-2H3;2H2,(H,3,4). The summed E-state index contributed by atoms with van der Waals surface area (Å²) >= 11 is 6.14. The number of rotatable bonds is 5. The zero-order valence-electron chi connectivity index (χ0n) is 11.1. The van der Waals surface area contributed by atoms with Gasteiger partial charge in [-0.25, -0.2) is 4.79 Å². The smallest absolute Gasteiger partial charge is 0.402 e. The van der Waals surface area contributed by atoms with Gasteiger partial charge >= 0.3 is 6.09 Å². The summed E-state index contributed by atoms with van der Waals surface area (Å²) in [5.41, 5.74) is 6.69. The van der Waals surface area contributed by atoms with E-state index in [9.17, 15) is 0 Å². The Bertz CT molecular complexity index is 343. The molecule has 0 atom stereocenters. The minimum absolute atomic E-state index is 0.932. The Morgan fingerprint density at radius 3 is 2.44 bits per heavy atom. The highest BCUT2D eigenvalue weighted by Gasteiger charge is 2.02. The lowest BCUT2D eigenvalue weighted by atomic mass is 10.0. The van der Waals surface area contributed by atoms with Gasteiger partial charge in [0.05, 0.1) is 0 Å². The maximum absolute atomic E-state index is 8.78. The first-order valence-electron chi connectivity index (χ1n) is 6.21. The van der Waals surface area contributed by atoms with Crippen molar-refractivity contribution >= 4 is 17.7 Å². The molecule has 18 heavy (non-hydrogen) atoms. The fourth-order valence-corrected chi connectivity index (χ4v) is 2.03. The monoisotopic (exact) mass is 271 g/mol. The van der Waals surface area contributed by atoms with Crippen LogP contribution in [0.2, 0.25) is 5.02 Å². The molecule has 0 spiro atoms. The summed E-state index contributed by atoms with van der Waals surface area (Å²) in [6, 6.07) is 6.15. The molecule has 1 aromatic carbocycles. The topological polar surface area (TPSA) is 63.3 Å². The van der Waals surface area contributed by atoms with Crippen LogP contribution in [0, 0.1) is 6.92 Å². The Hall–Kier alpha value is -1.22. The molecule has 0 saturated heterocycles. The van der Waals surface area contributed by atoms with Crippen molar-refractivity contribution < 1.29 is 9.90 Å². The molecule has 0 unspecified atom stereocenters. The second-order valence-electron chi connectivity index (χ2n) is 4.18. The predicted octanol–water partition coefficient (Wildman–Crippen LogP) is 4.39. The minimum atomic E-state index is -1.33. The molecule has 0 heterocycles. The summed E-state index contributed by atoms with van der Waals surface area (Å²) in [5.74, 6) is 0. The van der Waals surface area contributed by atoms with E-state index in [1.165, 1.54) is 36.8 Å². The van der Waals surface area contributed by atoms with E-state index in [-0.39, 0.29) is 0 Å². The third-order valence-corrected chi connectivity index (χ3v) is 2.99. The van der Waals surface area contributed by atoms with Crippen LogP contribution in [-0.2, 0) is 6.42 Å². The number of benzene rings is 1. The number of amides is 1. The summed E-state index contributed by atoms with van der Waals surface area (Å²) in [7, 11) is 0. The molecule has 1 amide bonds. The SMILES string of the molecule is CCCCCCc1c(C)cccc1Cl.NC(=O)O. The van der Waals surface area contributed by atoms with Crippen molar-refractivity contribution in [2.45, 2.75) is 46.0 Å². The van der Waals surface area contributed by atoms with Gasteiger partial charge in [0.2, 0.25) is 0 Å². The summed E-state index contributed by atoms with van der Waals surface area (Å²) < 4.78 is 0. The maximum Gasteiger partial charge on any atom is 0.402 e. The van der Waals surface area contributed by atoms with Crippen LogP contribution in [0.1, 0.15) is 43.7 Å². The lowest BCUT2D eigenvalue weighted by Crippen LogP contribution is -2.03. The van der Waals surface area contributed by atoms with Gasteiger partial charge in [-0.05, 0) is 37.0 Å². The summed E-state index contributed by atoms with van der Waals surface area (Å²) in [6.45, 7) is 4.38. The Balaban J connectivity index is 0.000000631. The number of unbranched alkanes of at least 4 members (excludes halogenated alkanes) is 3. The number of hydrogen-bond acceptors (Lipinski definition) is 1. The molecule has 3 nitrogen and oxygen atoms in total. The zero-order chi connectivity index (χ0) is 14.0.